The van der Waals surface area contributed by atoms with Gasteiger partial charge in [0.1, 0.15) is 24.5 Å². The van der Waals surface area contributed by atoms with E-state index in [1.807, 2.05) is 0 Å². The number of aliphatic hydroxyl groups is 1. The summed E-state index contributed by atoms with van der Waals surface area (Å²) in [6.45, 7) is 3.64. The van der Waals surface area contributed by atoms with Crippen LogP contribution >= 0.6 is 11.6 Å². The van der Waals surface area contributed by atoms with Crippen LogP contribution in [0.2, 0.25) is 5.02 Å². The van der Waals surface area contributed by atoms with Gasteiger partial charge in [-0.25, -0.2) is 18.7 Å². The number of carbonyl (C=O) groups excluding carboxylic acids is 1. The average molecular weight is 506 g/mol. The minimum Gasteiger partial charge on any atom is -0.462 e. The van der Waals surface area contributed by atoms with E-state index >= 15 is 0 Å². The minimum atomic E-state index is -0.649. The Labute approximate surface area is 206 Å². The molecule has 2 aliphatic rings. The van der Waals surface area contributed by atoms with Crippen molar-refractivity contribution in [1.29, 1.82) is 0 Å². The lowest BCUT2D eigenvalue weighted by Gasteiger charge is -2.20. The maximum atomic E-state index is 14.0. The topological polar surface area (TPSA) is 105 Å². The molecule has 1 atom stereocenters. The standard InChI is InChI=1S/C24H26ClF2N5O3/c1-13-22(25)14(2)30-23(29-13)19-10-32(11-20(19)28)24(34)18-4-3-15(27)7-21(18)35-12-16-8-17(33)9-31(16)6-5-26/h3-4,7,12,17,33H,5-6,8-11,28H2,1-2H3/b16-12+. The summed E-state index contributed by atoms with van der Waals surface area (Å²) in [6, 6.07) is 3.62. The number of nitrogens with two attached hydrogens (primary N) is 1. The predicted molar refractivity (Wildman–Crippen MR) is 127 cm³/mol. The van der Waals surface area contributed by atoms with E-state index < -0.39 is 24.5 Å². The average Bonchev–Trinajstić information content (AvgIpc) is 3.37. The summed E-state index contributed by atoms with van der Waals surface area (Å²) in [5.41, 5.74) is 9.23. The normalized spacial score (nSPS) is 19.3. The molecule has 1 saturated heterocycles. The highest BCUT2D eigenvalue weighted by atomic mass is 35.5. The van der Waals surface area contributed by atoms with E-state index in [9.17, 15) is 18.7 Å². The Hall–Kier alpha value is -3.24. The summed E-state index contributed by atoms with van der Waals surface area (Å²) in [6.07, 6.45) is 0.950. The van der Waals surface area contributed by atoms with Crippen LogP contribution in [0.15, 0.2) is 35.9 Å². The molecule has 0 saturated carbocycles. The summed E-state index contributed by atoms with van der Waals surface area (Å²) < 4.78 is 32.5. The molecular weight excluding hydrogens is 480 g/mol. The molecule has 3 heterocycles. The van der Waals surface area contributed by atoms with Crippen molar-refractivity contribution in [2.75, 3.05) is 32.9 Å². The fraction of sp³-hybridized carbons (Fsp3) is 0.375. The Morgan fingerprint density at radius 3 is 2.71 bits per heavy atom. The highest BCUT2D eigenvalue weighted by Gasteiger charge is 2.30. The lowest BCUT2D eigenvalue weighted by molar-refractivity contribution is 0.0796. The zero-order valence-electron chi connectivity index (χ0n) is 19.4. The number of aromatic nitrogens is 2. The van der Waals surface area contributed by atoms with Crippen LogP contribution in [-0.2, 0) is 0 Å². The van der Waals surface area contributed by atoms with E-state index in [1.165, 1.54) is 23.3 Å². The van der Waals surface area contributed by atoms with Gasteiger partial charge in [0.25, 0.3) is 5.91 Å². The third-order valence-electron chi connectivity index (χ3n) is 5.97. The number of rotatable bonds is 6. The molecule has 1 aromatic heterocycles. The first-order chi connectivity index (χ1) is 16.7. The first-order valence-electron chi connectivity index (χ1n) is 11.1. The van der Waals surface area contributed by atoms with Crippen LogP contribution < -0.4 is 10.5 Å². The van der Waals surface area contributed by atoms with E-state index in [0.29, 0.717) is 39.2 Å². The maximum Gasteiger partial charge on any atom is 0.258 e. The van der Waals surface area contributed by atoms with Crippen LogP contribution in [0, 0.1) is 19.7 Å². The van der Waals surface area contributed by atoms with Crippen molar-refractivity contribution in [2.24, 2.45) is 5.73 Å². The molecule has 8 nitrogen and oxygen atoms in total. The molecule has 1 amide bonds. The highest BCUT2D eigenvalue weighted by molar-refractivity contribution is 6.31. The van der Waals surface area contributed by atoms with Gasteiger partial charge in [-0.1, -0.05) is 11.6 Å². The van der Waals surface area contributed by atoms with Gasteiger partial charge in [0.05, 0.1) is 46.9 Å². The molecule has 1 aromatic carbocycles. The summed E-state index contributed by atoms with van der Waals surface area (Å²) in [5, 5.41) is 10.4. The van der Waals surface area contributed by atoms with Gasteiger partial charge in [0.2, 0.25) is 0 Å². The minimum absolute atomic E-state index is 0.00513. The molecule has 2 aromatic rings. The van der Waals surface area contributed by atoms with Crippen LogP contribution in [0.5, 0.6) is 5.75 Å². The molecule has 0 radical (unpaired) electrons. The molecule has 0 spiro atoms. The number of aliphatic hydroxyl groups excluding tert-OH is 1. The summed E-state index contributed by atoms with van der Waals surface area (Å²) >= 11 is 6.17. The molecule has 186 valence electrons. The van der Waals surface area contributed by atoms with Gasteiger partial charge in [-0.05, 0) is 26.0 Å². The van der Waals surface area contributed by atoms with Crippen molar-refractivity contribution in [3.8, 4) is 5.75 Å². The SMILES string of the molecule is Cc1nc(C2=C(N)CN(C(=O)c3ccc(F)cc3O/C=C3\CC(O)CN3CCF)C2)nc(C)c1Cl. The van der Waals surface area contributed by atoms with Gasteiger partial charge in [-0.2, -0.15) is 0 Å². The quantitative estimate of drug-likeness (QED) is 0.581. The Bertz CT molecular complexity index is 1200. The van der Waals surface area contributed by atoms with Gasteiger partial charge in [0.15, 0.2) is 5.82 Å². The van der Waals surface area contributed by atoms with Crippen LogP contribution in [-0.4, -0.2) is 69.7 Å². The number of hydrogen-bond donors (Lipinski definition) is 2. The second-order valence-corrected chi connectivity index (χ2v) is 8.94. The molecule has 3 N–H and O–H groups in total. The number of aryl methyl sites for hydroxylation is 2. The number of carbonyl (C=O) groups is 1. The molecule has 0 bridgehead atoms. The molecule has 1 unspecified atom stereocenters. The lowest BCUT2D eigenvalue weighted by atomic mass is 10.1. The zero-order valence-corrected chi connectivity index (χ0v) is 20.1. The summed E-state index contributed by atoms with van der Waals surface area (Å²) in [5.74, 6) is -0.580. The van der Waals surface area contributed by atoms with Gasteiger partial charge >= 0.3 is 0 Å². The van der Waals surface area contributed by atoms with Crippen molar-refractivity contribution < 1.29 is 23.4 Å². The van der Waals surface area contributed by atoms with Crippen LogP contribution in [0.4, 0.5) is 8.78 Å². The number of halogens is 3. The van der Waals surface area contributed by atoms with Crippen LogP contribution in [0.3, 0.4) is 0 Å². The van der Waals surface area contributed by atoms with Crippen LogP contribution in [0.25, 0.3) is 5.57 Å². The lowest BCUT2D eigenvalue weighted by Crippen LogP contribution is -2.30. The first-order valence-corrected chi connectivity index (χ1v) is 11.5. The van der Waals surface area contributed by atoms with Crippen molar-refractivity contribution in [3.63, 3.8) is 0 Å². The van der Waals surface area contributed by atoms with Crippen molar-refractivity contribution in [2.45, 2.75) is 26.4 Å². The number of benzene rings is 1. The van der Waals surface area contributed by atoms with Crippen molar-refractivity contribution in [1.82, 2.24) is 19.8 Å². The van der Waals surface area contributed by atoms with Gasteiger partial charge in [-0.3, -0.25) is 4.79 Å². The summed E-state index contributed by atoms with van der Waals surface area (Å²) in [4.78, 5) is 25.3. The second-order valence-electron chi connectivity index (χ2n) is 8.56. The fourth-order valence-electron chi connectivity index (χ4n) is 4.18. The smallest absolute Gasteiger partial charge is 0.258 e. The van der Waals surface area contributed by atoms with Crippen molar-refractivity contribution in [3.05, 3.63) is 69.5 Å². The number of ether oxygens (including phenoxy) is 1. The predicted octanol–water partition coefficient (Wildman–Crippen LogP) is 2.97. The molecular formula is C24H26ClF2N5O3. The number of likely N-dealkylation sites (tertiary alicyclic amines) is 1. The van der Waals surface area contributed by atoms with Gasteiger partial charge < -0.3 is 25.4 Å². The molecule has 2 aliphatic heterocycles. The Morgan fingerprint density at radius 1 is 1.31 bits per heavy atom. The largest absolute Gasteiger partial charge is 0.462 e. The Morgan fingerprint density at radius 2 is 2.03 bits per heavy atom. The van der Waals surface area contributed by atoms with Gasteiger partial charge in [0, 0.05) is 36.8 Å². The Balaban J connectivity index is 1.55. The molecule has 11 heteroatoms. The molecule has 35 heavy (non-hydrogen) atoms. The number of hydrogen-bond acceptors (Lipinski definition) is 7. The van der Waals surface area contributed by atoms with E-state index in [4.69, 9.17) is 22.1 Å². The van der Waals surface area contributed by atoms with Crippen molar-refractivity contribution >= 4 is 23.1 Å². The zero-order chi connectivity index (χ0) is 25.3. The fourth-order valence-corrected chi connectivity index (χ4v) is 4.27. The number of nitrogens with zero attached hydrogens (tertiary/aromatic N) is 4. The van der Waals surface area contributed by atoms with E-state index in [1.54, 1.807) is 18.7 Å². The molecule has 1 fully saturated rings. The van der Waals surface area contributed by atoms with E-state index in [-0.39, 0.29) is 43.9 Å². The highest BCUT2D eigenvalue weighted by Crippen LogP contribution is 2.29. The first kappa shape index (κ1) is 24.9. The Kier molecular flexibility index (Phi) is 7.23. The number of alkyl halides is 1. The molecule has 0 aliphatic carbocycles. The summed E-state index contributed by atoms with van der Waals surface area (Å²) in [7, 11) is 0. The third kappa shape index (κ3) is 5.23. The van der Waals surface area contributed by atoms with Crippen LogP contribution in [0.1, 0.15) is 34.0 Å². The third-order valence-corrected chi connectivity index (χ3v) is 6.52. The van der Waals surface area contributed by atoms with E-state index in [0.717, 1.165) is 6.07 Å². The van der Waals surface area contributed by atoms with Gasteiger partial charge in [-0.15, -0.1) is 0 Å². The monoisotopic (exact) mass is 505 g/mol. The number of amides is 1. The molecule has 4 rings (SSSR count). The number of β-amino-alcohol motifs (C(OH)–C–C–N with tert-alkyl or cyclic N) is 1. The maximum absolute atomic E-state index is 14.0. The van der Waals surface area contributed by atoms with E-state index in [2.05, 4.69) is 9.97 Å². The second kappa shape index (κ2) is 10.2.